The fourth-order valence-electron chi connectivity index (χ4n) is 4.17. The van der Waals surface area contributed by atoms with E-state index in [1.54, 1.807) is 13.8 Å². The number of ether oxygens (including phenoxy) is 2. The first-order valence-corrected chi connectivity index (χ1v) is 14.8. The Hall–Kier alpha value is -2.08. The first-order chi connectivity index (χ1) is 19.6. The molecule has 2 N–H and O–H groups in total. The van der Waals surface area contributed by atoms with Crippen LogP contribution in [0.5, 0.6) is 0 Å². The van der Waals surface area contributed by atoms with Crippen molar-refractivity contribution in [1.82, 2.24) is 0 Å². The molecule has 0 heterocycles. The van der Waals surface area contributed by atoms with Crippen molar-refractivity contribution >= 4 is 105 Å². The number of halogens is 6. The Morgan fingerprint density at radius 1 is 0.667 bits per heavy atom. The second kappa shape index (κ2) is 15.6. The van der Waals surface area contributed by atoms with E-state index in [4.69, 9.17) is 79.1 Å². The second-order valence-electron chi connectivity index (χ2n) is 9.25. The van der Waals surface area contributed by atoms with Gasteiger partial charge in [0.25, 0.3) is 0 Å². The lowest BCUT2D eigenvalue weighted by atomic mass is 9.89. The molecule has 42 heavy (non-hydrogen) atoms. The summed E-state index contributed by atoms with van der Waals surface area (Å²) in [4.78, 5) is 73.8. The van der Waals surface area contributed by atoms with Crippen LogP contribution in [0.1, 0.15) is 52.4 Å². The van der Waals surface area contributed by atoms with Crippen LogP contribution in [-0.4, -0.2) is 56.4 Å². The van der Waals surface area contributed by atoms with Gasteiger partial charge in [0.2, 0.25) is 11.6 Å². The van der Waals surface area contributed by atoms with Gasteiger partial charge in [0.1, 0.15) is 20.8 Å². The van der Waals surface area contributed by atoms with Crippen LogP contribution in [0.3, 0.4) is 0 Å². The molecule has 0 saturated heterocycles. The van der Waals surface area contributed by atoms with Crippen molar-refractivity contribution in [3.8, 4) is 0 Å². The van der Waals surface area contributed by atoms with Crippen LogP contribution in [0, 0.1) is 11.8 Å². The Balaban J connectivity index is 2.32. The number of rotatable bonds is 12. The minimum absolute atomic E-state index is 0.00393. The molecule has 0 aromatic heterocycles. The standard InChI is InChI=1S/C26H24Cl6O10/c1-3-5-9(23(35)36)7-11-13(27)17(31)21(19(33)15(11)29)41-25(39)26(40)42-22-18(32)14(28)12(16(30)20(22)34)8-10(6-4-2)24(37)38/h9-10,15-16H,3-8H2,1-2H3,(H,35,36)(H,37,38). The Labute approximate surface area is 270 Å². The zero-order valence-corrected chi connectivity index (χ0v) is 26.5. The molecule has 4 atom stereocenters. The van der Waals surface area contributed by atoms with Crippen molar-refractivity contribution < 1.29 is 48.5 Å². The quantitative estimate of drug-likeness (QED) is 0.137. The molecule has 0 aliphatic heterocycles. The van der Waals surface area contributed by atoms with E-state index in [0.29, 0.717) is 12.8 Å². The molecule has 230 valence electrons. The first kappa shape index (κ1) is 36.1. The maximum Gasteiger partial charge on any atom is 0.423 e. The Morgan fingerprint density at radius 3 is 1.24 bits per heavy atom. The molecule has 2 aliphatic carbocycles. The van der Waals surface area contributed by atoms with E-state index in [1.807, 2.05) is 0 Å². The number of ketones is 2. The summed E-state index contributed by atoms with van der Waals surface area (Å²) >= 11 is 37.1. The van der Waals surface area contributed by atoms with Gasteiger partial charge in [-0.05, 0) is 36.8 Å². The van der Waals surface area contributed by atoms with Gasteiger partial charge >= 0.3 is 23.9 Å². The molecule has 0 aromatic carbocycles. The summed E-state index contributed by atoms with van der Waals surface area (Å²) in [6.07, 6.45) is 1.14. The number of carboxylic acid groups (broad SMARTS) is 2. The van der Waals surface area contributed by atoms with Gasteiger partial charge in [-0.25, -0.2) is 9.59 Å². The van der Waals surface area contributed by atoms with Crippen LogP contribution < -0.4 is 0 Å². The highest BCUT2D eigenvalue weighted by molar-refractivity contribution is 6.50. The zero-order chi connectivity index (χ0) is 32.0. The lowest BCUT2D eigenvalue weighted by Crippen LogP contribution is -2.33. The average molecular weight is 709 g/mol. The van der Waals surface area contributed by atoms with E-state index < -0.39 is 79.6 Å². The fraction of sp³-hybridized carbons (Fsp3) is 0.462. The molecule has 4 unspecified atom stereocenters. The summed E-state index contributed by atoms with van der Waals surface area (Å²) < 4.78 is 9.61. The third-order valence-electron chi connectivity index (χ3n) is 6.33. The van der Waals surface area contributed by atoms with E-state index >= 15 is 0 Å². The number of hydrogen-bond donors (Lipinski definition) is 2. The summed E-state index contributed by atoms with van der Waals surface area (Å²) in [6, 6.07) is 0. The molecule has 0 radical (unpaired) electrons. The molecule has 0 aromatic rings. The maximum absolute atomic E-state index is 12.8. The van der Waals surface area contributed by atoms with Gasteiger partial charge in [0.15, 0.2) is 11.5 Å². The third-order valence-corrected chi connectivity index (χ3v) is 9.03. The maximum atomic E-state index is 12.8. The minimum Gasteiger partial charge on any atom is -0.481 e. The highest BCUT2D eigenvalue weighted by Crippen LogP contribution is 2.41. The zero-order valence-electron chi connectivity index (χ0n) is 22.0. The predicted molar refractivity (Wildman–Crippen MR) is 154 cm³/mol. The molecule has 0 fully saturated rings. The number of alkyl halides is 2. The number of aliphatic carboxylic acids is 2. The van der Waals surface area contributed by atoms with Crippen molar-refractivity contribution in [1.29, 1.82) is 0 Å². The molecule has 0 amide bonds. The number of allylic oxidation sites excluding steroid dienone is 8. The summed E-state index contributed by atoms with van der Waals surface area (Å²) in [6.45, 7) is 3.53. The number of carbonyl (C=O) groups excluding carboxylic acids is 4. The highest BCUT2D eigenvalue weighted by atomic mass is 35.5. The van der Waals surface area contributed by atoms with Gasteiger partial charge in [-0.15, -0.1) is 23.2 Å². The Morgan fingerprint density at radius 2 is 0.976 bits per heavy atom. The van der Waals surface area contributed by atoms with Crippen molar-refractivity contribution in [3.05, 3.63) is 42.8 Å². The Kier molecular flexibility index (Phi) is 13.4. The molecule has 0 bridgehead atoms. The largest absolute Gasteiger partial charge is 0.481 e. The van der Waals surface area contributed by atoms with Crippen molar-refractivity contribution in [3.63, 3.8) is 0 Å². The van der Waals surface area contributed by atoms with Crippen LogP contribution in [0.15, 0.2) is 42.8 Å². The van der Waals surface area contributed by atoms with Gasteiger partial charge in [-0.2, -0.15) is 0 Å². The number of carbonyl (C=O) groups is 6. The summed E-state index contributed by atoms with van der Waals surface area (Å²) in [5, 5.41) is 13.9. The molecule has 2 aliphatic rings. The van der Waals surface area contributed by atoms with E-state index in [-0.39, 0.29) is 46.9 Å². The van der Waals surface area contributed by atoms with Crippen LogP contribution in [-0.2, 0) is 38.2 Å². The number of hydrogen-bond acceptors (Lipinski definition) is 8. The van der Waals surface area contributed by atoms with Gasteiger partial charge in [0, 0.05) is 0 Å². The number of Topliss-reactive ketones (excluding diaryl/α,β-unsaturated/α-hetero) is 2. The molecular weight excluding hydrogens is 685 g/mol. The third kappa shape index (κ3) is 8.09. The molecular formula is C26H24Cl6O10. The summed E-state index contributed by atoms with van der Waals surface area (Å²) in [5.74, 6) is -11.7. The topological polar surface area (TPSA) is 161 Å². The molecule has 2 rings (SSSR count). The lowest BCUT2D eigenvalue weighted by Gasteiger charge is -2.25. The van der Waals surface area contributed by atoms with E-state index in [9.17, 15) is 39.0 Å². The highest BCUT2D eigenvalue weighted by Gasteiger charge is 2.42. The van der Waals surface area contributed by atoms with Gasteiger partial charge < -0.3 is 19.7 Å². The van der Waals surface area contributed by atoms with Crippen LogP contribution in [0.2, 0.25) is 0 Å². The van der Waals surface area contributed by atoms with E-state index in [0.717, 1.165) is 0 Å². The smallest absolute Gasteiger partial charge is 0.423 e. The van der Waals surface area contributed by atoms with Crippen molar-refractivity contribution in [2.45, 2.75) is 63.1 Å². The van der Waals surface area contributed by atoms with Gasteiger partial charge in [-0.3, -0.25) is 19.2 Å². The fourth-order valence-corrected chi connectivity index (χ4v) is 5.92. The van der Waals surface area contributed by atoms with Crippen LogP contribution >= 0.6 is 69.6 Å². The molecule has 16 heteroatoms. The van der Waals surface area contributed by atoms with Gasteiger partial charge in [-0.1, -0.05) is 73.1 Å². The number of carboxylic acids is 2. The van der Waals surface area contributed by atoms with Gasteiger partial charge in [0.05, 0.1) is 21.9 Å². The number of esters is 2. The molecule has 10 nitrogen and oxygen atoms in total. The summed E-state index contributed by atoms with van der Waals surface area (Å²) in [5.41, 5.74) is -0.00785. The van der Waals surface area contributed by atoms with E-state index in [1.165, 1.54) is 0 Å². The monoisotopic (exact) mass is 706 g/mol. The SMILES string of the molecule is CCCC(CC1=C(Cl)C(Cl)=C(OC(=O)C(=O)OC2=C(Cl)C(Cl)=C(CC(CCC)C(=O)O)C(Cl)C2=O)C(=O)C1Cl)C(=O)O. The Bertz CT molecular complexity index is 1230. The normalized spacial score (nSPS) is 21.0. The second-order valence-corrected chi connectivity index (χ2v) is 11.6. The van der Waals surface area contributed by atoms with E-state index in [2.05, 4.69) is 0 Å². The molecule has 0 spiro atoms. The lowest BCUT2D eigenvalue weighted by molar-refractivity contribution is -0.163. The van der Waals surface area contributed by atoms with Crippen LogP contribution in [0.4, 0.5) is 0 Å². The van der Waals surface area contributed by atoms with Crippen molar-refractivity contribution in [2.24, 2.45) is 11.8 Å². The molecule has 0 saturated carbocycles. The average Bonchev–Trinajstić information content (AvgIpc) is 2.94. The van der Waals surface area contributed by atoms with Crippen molar-refractivity contribution in [2.75, 3.05) is 0 Å². The summed E-state index contributed by atoms with van der Waals surface area (Å²) in [7, 11) is 0. The minimum atomic E-state index is -1.82. The predicted octanol–water partition coefficient (Wildman–Crippen LogP) is 6.12. The first-order valence-electron chi connectivity index (χ1n) is 12.4. The van der Waals surface area contributed by atoms with Crippen LogP contribution in [0.25, 0.3) is 0 Å².